The molecule has 1 saturated heterocycles. The number of hydrogen-bond acceptors (Lipinski definition) is 7. The van der Waals surface area contributed by atoms with E-state index in [1.54, 1.807) is 17.2 Å². The van der Waals surface area contributed by atoms with Crippen LogP contribution < -0.4 is 5.32 Å². The predicted octanol–water partition coefficient (Wildman–Crippen LogP) is 3.38. The van der Waals surface area contributed by atoms with Gasteiger partial charge in [-0.15, -0.1) is 11.3 Å². The molecule has 1 aliphatic rings. The zero-order chi connectivity index (χ0) is 21.7. The second-order valence-electron chi connectivity index (χ2n) is 8.32. The van der Waals surface area contributed by atoms with Gasteiger partial charge in [0.25, 0.3) is 5.91 Å². The minimum atomic E-state index is -0.471. The van der Waals surface area contributed by atoms with E-state index in [0.717, 1.165) is 30.9 Å². The number of carbonyl (C=O) groups is 2. The first-order valence-corrected chi connectivity index (χ1v) is 11.0. The van der Waals surface area contributed by atoms with Crippen LogP contribution in [0.5, 0.6) is 0 Å². The molecule has 3 heterocycles. The Kier molecular flexibility index (Phi) is 7.14. The Labute approximate surface area is 181 Å². The van der Waals surface area contributed by atoms with Crippen molar-refractivity contribution in [3.05, 3.63) is 29.0 Å². The molecule has 1 N–H and O–H groups in total. The number of aryl methyl sites for hydroxylation is 1. The van der Waals surface area contributed by atoms with Crippen molar-refractivity contribution in [3.63, 3.8) is 0 Å². The summed E-state index contributed by atoms with van der Waals surface area (Å²) in [7, 11) is 0. The van der Waals surface area contributed by atoms with Crippen LogP contribution in [0, 0.1) is 6.92 Å². The molecular weight excluding hydrogens is 404 g/mol. The van der Waals surface area contributed by atoms with E-state index in [1.165, 1.54) is 11.3 Å². The number of amides is 2. The number of aromatic nitrogens is 1. The third kappa shape index (κ3) is 6.06. The van der Waals surface area contributed by atoms with Crippen molar-refractivity contribution in [1.29, 1.82) is 0 Å². The summed E-state index contributed by atoms with van der Waals surface area (Å²) in [5, 5.41) is 3.67. The third-order valence-corrected chi connectivity index (χ3v) is 5.69. The van der Waals surface area contributed by atoms with Crippen molar-refractivity contribution < 1.29 is 18.7 Å². The van der Waals surface area contributed by atoms with Crippen LogP contribution in [-0.2, 0) is 4.74 Å². The van der Waals surface area contributed by atoms with Crippen molar-refractivity contribution in [3.8, 4) is 10.8 Å². The molecule has 0 spiro atoms. The molecular formula is C21H30N4O4S. The lowest BCUT2D eigenvalue weighted by atomic mass is 10.2. The first-order chi connectivity index (χ1) is 14.2. The number of carbonyl (C=O) groups excluding carboxylic acids is 2. The summed E-state index contributed by atoms with van der Waals surface area (Å²) >= 11 is 1.45. The maximum atomic E-state index is 12.5. The van der Waals surface area contributed by atoms with Crippen molar-refractivity contribution in [2.45, 2.75) is 39.7 Å². The zero-order valence-electron chi connectivity index (χ0n) is 18.1. The number of furan rings is 1. The lowest BCUT2D eigenvalue weighted by Gasteiger charge is -2.35. The van der Waals surface area contributed by atoms with E-state index >= 15 is 0 Å². The number of rotatable bonds is 6. The Morgan fingerprint density at radius 3 is 2.63 bits per heavy atom. The van der Waals surface area contributed by atoms with Gasteiger partial charge in [0.05, 0.1) is 6.26 Å². The van der Waals surface area contributed by atoms with Crippen LogP contribution in [0.15, 0.2) is 22.8 Å². The Morgan fingerprint density at radius 2 is 2.00 bits per heavy atom. The summed E-state index contributed by atoms with van der Waals surface area (Å²) in [5.41, 5.74) is -0.0155. The van der Waals surface area contributed by atoms with Crippen LogP contribution in [0.25, 0.3) is 10.8 Å². The van der Waals surface area contributed by atoms with Crippen LogP contribution in [0.4, 0.5) is 4.79 Å². The van der Waals surface area contributed by atoms with Crippen molar-refractivity contribution >= 4 is 23.3 Å². The van der Waals surface area contributed by atoms with Crippen molar-refractivity contribution in [1.82, 2.24) is 20.1 Å². The number of ether oxygens (including phenoxy) is 1. The Hall–Kier alpha value is -2.39. The largest absolute Gasteiger partial charge is 0.462 e. The number of nitrogens with zero attached hydrogens (tertiary/aromatic N) is 3. The molecule has 2 amide bonds. The molecule has 0 aliphatic carbocycles. The molecule has 0 aromatic carbocycles. The van der Waals surface area contributed by atoms with E-state index < -0.39 is 5.60 Å². The van der Waals surface area contributed by atoms with Gasteiger partial charge in [-0.1, -0.05) is 0 Å². The lowest BCUT2D eigenvalue weighted by Crippen LogP contribution is -2.50. The van der Waals surface area contributed by atoms with Crippen molar-refractivity contribution in [2.24, 2.45) is 0 Å². The summed E-state index contributed by atoms with van der Waals surface area (Å²) in [6, 6.07) is 3.64. The van der Waals surface area contributed by atoms with E-state index in [0.29, 0.717) is 36.1 Å². The number of thiazole rings is 1. The zero-order valence-corrected chi connectivity index (χ0v) is 18.9. The Bertz CT molecular complexity index is 849. The number of hydrogen-bond donors (Lipinski definition) is 1. The SMILES string of the molecule is Cc1sc(-c2ccco2)nc1C(=O)NCCCN1CCN(C(=O)OC(C)(C)C)CC1. The summed E-state index contributed by atoms with van der Waals surface area (Å²) in [5.74, 6) is 0.518. The molecule has 30 heavy (non-hydrogen) atoms. The highest BCUT2D eigenvalue weighted by Gasteiger charge is 2.25. The van der Waals surface area contributed by atoms with Gasteiger partial charge in [-0.25, -0.2) is 9.78 Å². The average Bonchev–Trinajstić information content (AvgIpc) is 3.34. The van der Waals surface area contributed by atoms with Crippen LogP contribution in [0.2, 0.25) is 0 Å². The van der Waals surface area contributed by atoms with Gasteiger partial charge < -0.3 is 19.4 Å². The predicted molar refractivity (Wildman–Crippen MR) is 116 cm³/mol. The smallest absolute Gasteiger partial charge is 0.410 e. The highest BCUT2D eigenvalue weighted by Crippen LogP contribution is 2.27. The summed E-state index contributed by atoms with van der Waals surface area (Å²) in [4.78, 5) is 33.9. The molecule has 0 radical (unpaired) electrons. The van der Waals surface area contributed by atoms with Gasteiger partial charge in [0.15, 0.2) is 10.8 Å². The minimum Gasteiger partial charge on any atom is -0.462 e. The molecule has 164 valence electrons. The van der Waals surface area contributed by atoms with E-state index in [-0.39, 0.29) is 12.0 Å². The summed E-state index contributed by atoms with van der Waals surface area (Å²) in [6.45, 7) is 11.9. The Morgan fingerprint density at radius 1 is 1.27 bits per heavy atom. The molecule has 0 unspecified atom stereocenters. The second kappa shape index (κ2) is 9.61. The Balaban J connectivity index is 1.37. The maximum absolute atomic E-state index is 12.5. The molecule has 0 atom stereocenters. The van der Waals surface area contributed by atoms with Gasteiger partial charge >= 0.3 is 6.09 Å². The molecule has 2 aromatic heterocycles. The molecule has 1 fully saturated rings. The first kappa shape index (κ1) is 22.3. The van der Waals surface area contributed by atoms with Crippen molar-refractivity contribution in [2.75, 3.05) is 39.3 Å². The highest BCUT2D eigenvalue weighted by atomic mass is 32.1. The fourth-order valence-corrected chi connectivity index (χ4v) is 4.06. The standard InChI is InChI=1S/C21H30N4O4S/c1-15-17(23-19(30-15)16-7-5-14-28-16)18(26)22-8-6-9-24-10-12-25(13-11-24)20(27)29-21(2,3)4/h5,7,14H,6,8-13H2,1-4H3,(H,22,26). The number of nitrogens with one attached hydrogen (secondary N) is 1. The van der Waals surface area contributed by atoms with Gasteiger partial charge in [0.2, 0.25) is 0 Å². The highest BCUT2D eigenvalue weighted by molar-refractivity contribution is 7.15. The monoisotopic (exact) mass is 434 g/mol. The summed E-state index contributed by atoms with van der Waals surface area (Å²) < 4.78 is 10.8. The van der Waals surface area contributed by atoms with E-state index in [4.69, 9.17) is 9.15 Å². The fourth-order valence-electron chi connectivity index (χ4n) is 3.18. The minimum absolute atomic E-state index is 0.156. The lowest BCUT2D eigenvalue weighted by molar-refractivity contribution is 0.0144. The molecule has 9 heteroatoms. The quantitative estimate of drug-likeness (QED) is 0.701. The molecule has 8 nitrogen and oxygen atoms in total. The van der Waals surface area contributed by atoms with E-state index in [9.17, 15) is 9.59 Å². The average molecular weight is 435 g/mol. The molecule has 2 aromatic rings. The van der Waals surface area contributed by atoms with Crippen LogP contribution in [-0.4, -0.2) is 71.7 Å². The molecule has 0 saturated carbocycles. The molecule has 0 bridgehead atoms. The third-order valence-electron chi connectivity index (χ3n) is 4.70. The van der Waals surface area contributed by atoms with Crippen LogP contribution in [0.1, 0.15) is 42.6 Å². The number of piperazine rings is 1. The summed E-state index contributed by atoms with van der Waals surface area (Å²) in [6.07, 6.45) is 2.19. The second-order valence-corrected chi connectivity index (χ2v) is 9.52. The van der Waals surface area contributed by atoms with E-state index in [2.05, 4.69) is 15.2 Å². The van der Waals surface area contributed by atoms with Gasteiger partial charge in [-0.05, 0) is 52.8 Å². The molecule has 1 aliphatic heterocycles. The maximum Gasteiger partial charge on any atom is 0.410 e. The normalized spacial score (nSPS) is 15.3. The van der Waals surface area contributed by atoms with Gasteiger partial charge in [-0.3, -0.25) is 9.69 Å². The molecule has 3 rings (SSSR count). The van der Waals surface area contributed by atoms with Gasteiger partial charge in [0.1, 0.15) is 11.3 Å². The van der Waals surface area contributed by atoms with Gasteiger partial charge in [0, 0.05) is 37.6 Å². The van der Waals surface area contributed by atoms with Crippen LogP contribution >= 0.6 is 11.3 Å². The first-order valence-electron chi connectivity index (χ1n) is 10.2. The van der Waals surface area contributed by atoms with E-state index in [1.807, 2.05) is 33.8 Å². The fraction of sp³-hybridized carbons (Fsp3) is 0.571. The van der Waals surface area contributed by atoms with Gasteiger partial charge in [-0.2, -0.15) is 0 Å². The van der Waals surface area contributed by atoms with Crippen LogP contribution in [0.3, 0.4) is 0 Å². The topological polar surface area (TPSA) is 87.9 Å².